The van der Waals surface area contributed by atoms with E-state index in [0.29, 0.717) is 5.41 Å². The molecule has 2 heterocycles. The standard InChI is InChI=1S/C18H37N3/c1-4-10-19-15-18(5-2,6-3)16-20-11-8-13-21-12-7-9-17(21)14-20/h17,19H,4-16H2,1-3H3. The second-order valence-electron chi connectivity index (χ2n) is 7.30. The summed E-state index contributed by atoms with van der Waals surface area (Å²) in [6, 6.07) is 0.850. The van der Waals surface area contributed by atoms with Gasteiger partial charge in [0.05, 0.1) is 0 Å². The lowest BCUT2D eigenvalue weighted by Crippen LogP contribution is -2.46. The first-order chi connectivity index (χ1) is 10.2. The van der Waals surface area contributed by atoms with Crippen LogP contribution >= 0.6 is 0 Å². The fraction of sp³-hybridized carbons (Fsp3) is 1.00. The van der Waals surface area contributed by atoms with Crippen LogP contribution in [0.5, 0.6) is 0 Å². The fourth-order valence-corrected chi connectivity index (χ4v) is 4.21. The maximum atomic E-state index is 3.69. The zero-order valence-electron chi connectivity index (χ0n) is 14.7. The Bertz CT molecular complexity index is 288. The maximum absolute atomic E-state index is 3.69. The van der Waals surface area contributed by atoms with Gasteiger partial charge in [-0.2, -0.15) is 0 Å². The van der Waals surface area contributed by atoms with E-state index in [-0.39, 0.29) is 0 Å². The topological polar surface area (TPSA) is 18.5 Å². The van der Waals surface area contributed by atoms with Gasteiger partial charge in [0.2, 0.25) is 0 Å². The van der Waals surface area contributed by atoms with Crippen molar-refractivity contribution in [2.75, 3.05) is 45.8 Å². The van der Waals surface area contributed by atoms with Crippen LogP contribution in [0, 0.1) is 5.41 Å². The molecule has 0 bridgehead atoms. The summed E-state index contributed by atoms with van der Waals surface area (Å²) in [4.78, 5) is 5.53. The third kappa shape index (κ3) is 4.67. The second-order valence-corrected chi connectivity index (χ2v) is 7.30. The Morgan fingerprint density at radius 2 is 1.81 bits per heavy atom. The SMILES string of the molecule is CCCNCC(CC)(CC)CN1CCCN2CCCC2C1. The summed E-state index contributed by atoms with van der Waals surface area (Å²) in [5.74, 6) is 0. The van der Waals surface area contributed by atoms with Crippen LogP contribution in [0.15, 0.2) is 0 Å². The smallest absolute Gasteiger partial charge is 0.0223 e. The Kier molecular flexibility index (Phi) is 6.97. The van der Waals surface area contributed by atoms with E-state index < -0.39 is 0 Å². The molecule has 3 nitrogen and oxygen atoms in total. The zero-order valence-corrected chi connectivity index (χ0v) is 14.7. The second kappa shape index (κ2) is 8.50. The first kappa shape index (κ1) is 17.2. The molecule has 124 valence electrons. The minimum absolute atomic E-state index is 0.475. The molecule has 2 saturated heterocycles. The third-order valence-electron chi connectivity index (χ3n) is 5.87. The molecule has 0 aromatic carbocycles. The first-order valence-electron chi connectivity index (χ1n) is 9.40. The van der Waals surface area contributed by atoms with Crippen molar-refractivity contribution < 1.29 is 0 Å². The summed E-state index contributed by atoms with van der Waals surface area (Å²) in [6.07, 6.45) is 8.04. The molecule has 2 aliphatic heterocycles. The van der Waals surface area contributed by atoms with Gasteiger partial charge in [-0.3, -0.25) is 4.90 Å². The summed E-state index contributed by atoms with van der Waals surface area (Å²) in [5.41, 5.74) is 0.475. The number of rotatable bonds is 8. The molecule has 3 heteroatoms. The molecule has 1 atom stereocenters. The monoisotopic (exact) mass is 295 g/mol. The van der Waals surface area contributed by atoms with Crippen molar-refractivity contribution in [3.05, 3.63) is 0 Å². The number of hydrogen-bond donors (Lipinski definition) is 1. The van der Waals surface area contributed by atoms with Gasteiger partial charge in [0, 0.05) is 25.7 Å². The summed E-state index contributed by atoms with van der Waals surface area (Å²) >= 11 is 0. The van der Waals surface area contributed by atoms with E-state index in [0.717, 1.165) is 12.6 Å². The highest BCUT2D eigenvalue weighted by Gasteiger charge is 2.33. The van der Waals surface area contributed by atoms with Gasteiger partial charge in [0.15, 0.2) is 0 Å². The van der Waals surface area contributed by atoms with Crippen LogP contribution < -0.4 is 5.32 Å². The Hall–Kier alpha value is -0.120. The molecule has 0 amide bonds. The van der Waals surface area contributed by atoms with E-state index >= 15 is 0 Å². The molecule has 0 aromatic rings. The lowest BCUT2D eigenvalue weighted by molar-refractivity contribution is 0.125. The number of nitrogens with zero attached hydrogens (tertiary/aromatic N) is 2. The molecule has 21 heavy (non-hydrogen) atoms. The molecule has 1 N–H and O–H groups in total. The van der Waals surface area contributed by atoms with Crippen molar-refractivity contribution in [1.82, 2.24) is 15.1 Å². The lowest BCUT2D eigenvalue weighted by atomic mass is 9.81. The normalized spacial score (nSPS) is 25.0. The van der Waals surface area contributed by atoms with Crippen molar-refractivity contribution in [2.45, 2.75) is 65.3 Å². The Morgan fingerprint density at radius 1 is 1.05 bits per heavy atom. The first-order valence-corrected chi connectivity index (χ1v) is 9.40. The van der Waals surface area contributed by atoms with E-state index in [2.05, 4.69) is 35.9 Å². The van der Waals surface area contributed by atoms with E-state index in [1.165, 1.54) is 77.8 Å². The Morgan fingerprint density at radius 3 is 2.52 bits per heavy atom. The highest BCUT2D eigenvalue weighted by molar-refractivity contribution is 4.89. The summed E-state index contributed by atoms with van der Waals surface area (Å²) in [7, 11) is 0. The quantitative estimate of drug-likeness (QED) is 0.695. The van der Waals surface area contributed by atoms with Crippen LogP contribution in [0.3, 0.4) is 0 Å². The number of hydrogen-bond acceptors (Lipinski definition) is 3. The van der Waals surface area contributed by atoms with Crippen LogP contribution in [0.25, 0.3) is 0 Å². The summed E-state index contributed by atoms with van der Waals surface area (Å²) < 4.78 is 0. The molecule has 2 rings (SSSR count). The van der Waals surface area contributed by atoms with Crippen LogP contribution in [0.4, 0.5) is 0 Å². The Labute approximate surface area is 132 Å². The molecule has 0 aliphatic carbocycles. The number of fused-ring (bicyclic) bond motifs is 1. The van der Waals surface area contributed by atoms with E-state index in [1.807, 2.05) is 0 Å². The van der Waals surface area contributed by atoms with Gasteiger partial charge in [-0.05, 0) is 70.1 Å². The van der Waals surface area contributed by atoms with E-state index in [4.69, 9.17) is 0 Å². The van der Waals surface area contributed by atoms with Crippen LogP contribution in [0.2, 0.25) is 0 Å². The summed E-state index contributed by atoms with van der Waals surface area (Å²) in [5, 5.41) is 3.69. The van der Waals surface area contributed by atoms with Crippen LogP contribution in [-0.4, -0.2) is 61.7 Å². The van der Waals surface area contributed by atoms with Gasteiger partial charge < -0.3 is 10.2 Å². The molecule has 0 spiro atoms. The van der Waals surface area contributed by atoms with E-state index in [9.17, 15) is 0 Å². The molecule has 2 aliphatic rings. The highest BCUT2D eigenvalue weighted by atomic mass is 15.3. The van der Waals surface area contributed by atoms with Gasteiger partial charge in [0.1, 0.15) is 0 Å². The fourth-order valence-electron chi connectivity index (χ4n) is 4.21. The van der Waals surface area contributed by atoms with Gasteiger partial charge in [-0.15, -0.1) is 0 Å². The lowest BCUT2D eigenvalue weighted by Gasteiger charge is -2.38. The molecule has 0 aromatic heterocycles. The average Bonchev–Trinajstić information content (AvgIpc) is 2.85. The van der Waals surface area contributed by atoms with Crippen molar-refractivity contribution >= 4 is 0 Å². The van der Waals surface area contributed by atoms with Crippen molar-refractivity contribution in [2.24, 2.45) is 5.41 Å². The predicted octanol–water partition coefficient (Wildman–Crippen LogP) is 2.96. The van der Waals surface area contributed by atoms with Gasteiger partial charge in [-0.25, -0.2) is 0 Å². The van der Waals surface area contributed by atoms with Gasteiger partial charge in [-0.1, -0.05) is 20.8 Å². The van der Waals surface area contributed by atoms with E-state index in [1.54, 1.807) is 0 Å². The summed E-state index contributed by atoms with van der Waals surface area (Å²) in [6.45, 7) is 16.0. The zero-order chi connectivity index (χ0) is 15.1. The van der Waals surface area contributed by atoms with Crippen molar-refractivity contribution in [3.8, 4) is 0 Å². The van der Waals surface area contributed by atoms with Gasteiger partial charge in [0.25, 0.3) is 0 Å². The third-order valence-corrected chi connectivity index (χ3v) is 5.87. The van der Waals surface area contributed by atoms with Crippen molar-refractivity contribution in [3.63, 3.8) is 0 Å². The van der Waals surface area contributed by atoms with Crippen molar-refractivity contribution in [1.29, 1.82) is 0 Å². The predicted molar refractivity (Wildman–Crippen MR) is 91.8 cm³/mol. The molecule has 2 fully saturated rings. The molecule has 0 radical (unpaired) electrons. The highest BCUT2D eigenvalue weighted by Crippen LogP contribution is 2.29. The Balaban J connectivity index is 1.91. The average molecular weight is 296 g/mol. The molecule has 0 saturated carbocycles. The molecular formula is C18H37N3. The largest absolute Gasteiger partial charge is 0.316 e. The van der Waals surface area contributed by atoms with Crippen LogP contribution in [-0.2, 0) is 0 Å². The molecular weight excluding hydrogens is 258 g/mol. The number of nitrogens with one attached hydrogen (secondary N) is 1. The van der Waals surface area contributed by atoms with Crippen LogP contribution in [0.1, 0.15) is 59.3 Å². The van der Waals surface area contributed by atoms with Gasteiger partial charge >= 0.3 is 0 Å². The molecule has 1 unspecified atom stereocenters. The maximum Gasteiger partial charge on any atom is 0.0223 e. The minimum Gasteiger partial charge on any atom is -0.316 e. The minimum atomic E-state index is 0.475.